The minimum atomic E-state index is -0.472. The van der Waals surface area contributed by atoms with Gasteiger partial charge >= 0.3 is 11.8 Å². The lowest BCUT2D eigenvalue weighted by Gasteiger charge is -2.05. The van der Waals surface area contributed by atoms with Crippen molar-refractivity contribution in [2.24, 2.45) is 0 Å². The van der Waals surface area contributed by atoms with Crippen LogP contribution in [0.3, 0.4) is 0 Å². The molecule has 23 heavy (non-hydrogen) atoms. The Labute approximate surface area is 131 Å². The molecule has 0 spiro atoms. The Morgan fingerprint density at radius 2 is 1.78 bits per heavy atom. The molecule has 0 radical (unpaired) electrons. The van der Waals surface area contributed by atoms with Gasteiger partial charge in [0, 0.05) is 24.6 Å². The first-order chi connectivity index (χ1) is 11.1. The molecule has 1 aliphatic carbocycles. The van der Waals surface area contributed by atoms with Crippen molar-refractivity contribution in [1.82, 2.24) is 20.8 Å². The van der Waals surface area contributed by atoms with Crippen LogP contribution in [0.15, 0.2) is 28.8 Å². The van der Waals surface area contributed by atoms with Gasteiger partial charge in [0.2, 0.25) is 0 Å². The first-order valence-corrected chi connectivity index (χ1v) is 7.29. The highest BCUT2D eigenvalue weighted by molar-refractivity contribution is 5.94. The Bertz CT molecular complexity index is 710. The Balaban J connectivity index is 1.41. The molecule has 1 saturated carbocycles. The normalized spacial score (nSPS) is 13.6. The first kappa shape index (κ1) is 15.1. The van der Waals surface area contributed by atoms with Crippen LogP contribution in [-0.2, 0) is 0 Å². The van der Waals surface area contributed by atoms with Crippen molar-refractivity contribution in [3.05, 3.63) is 47.4 Å². The number of carbonyl (C=O) groups is 2. The quantitative estimate of drug-likeness (QED) is 0.781. The van der Waals surface area contributed by atoms with E-state index in [2.05, 4.69) is 20.8 Å². The average molecular weight is 318 g/mol. The minimum Gasteiger partial charge on any atom is -0.350 e. The van der Waals surface area contributed by atoms with E-state index in [4.69, 9.17) is 4.52 Å². The van der Waals surface area contributed by atoms with Gasteiger partial charge in [-0.15, -0.1) is 0 Å². The smallest absolute Gasteiger partial charge is 0.315 e. The van der Waals surface area contributed by atoms with Crippen molar-refractivity contribution in [3.8, 4) is 0 Å². The molecule has 3 rings (SSSR count). The molecule has 1 aromatic carbocycles. The highest BCUT2D eigenvalue weighted by Gasteiger charge is 2.29. The Morgan fingerprint density at radius 3 is 2.43 bits per heavy atom. The molecule has 2 N–H and O–H groups in total. The second-order valence-corrected chi connectivity index (χ2v) is 5.25. The summed E-state index contributed by atoms with van der Waals surface area (Å²) >= 11 is 0. The summed E-state index contributed by atoms with van der Waals surface area (Å²) in [7, 11) is 0. The molecule has 8 heteroatoms. The van der Waals surface area contributed by atoms with Crippen molar-refractivity contribution in [3.63, 3.8) is 0 Å². The largest absolute Gasteiger partial charge is 0.350 e. The lowest BCUT2D eigenvalue weighted by Crippen LogP contribution is -2.34. The predicted octanol–water partition coefficient (Wildman–Crippen LogP) is 1.25. The van der Waals surface area contributed by atoms with Gasteiger partial charge in [0.05, 0.1) is 0 Å². The monoisotopic (exact) mass is 318 g/mol. The summed E-state index contributed by atoms with van der Waals surface area (Å²) < 4.78 is 17.7. The van der Waals surface area contributed by atoms with Crippen LogP contribution in [0, 0.1) is 5.82 Å². The molecule has 0 atom stereocenters. The molecular formula is C15H15FN4O3. The number of aromatic nitrogens is 2. The summed E-state index contributed by atoms with van der Waals surface area (Å²) in [5.74, 6) is -0.403. The van der Waals surface area contributed by atoms with E-state index < -0.39 is 11.7 Å². The van der Waals surface area contributed by atoms with Gasteiger partial charge < -0.3 is 15.2 Å². The van der Waals surface area contributed by atoms with Crippen LogP contribution in [0.1, 0.15) is 45.6 Å². The standard InChI is InChI=1S/C15H15FN4O3/c16-11-5-3-10(4-6-11)13(21)17-7-8-18-14(22)15-19-12(20-23-15)9-1-2-9/h3-6,9H,1-2,7-8H2,(H,17,21)(H,18,22). The van der Waals surface area contributed by atoms with Crippen molar-refractivity contribution >= 4 is 11.8 Å². The van der Waals surface area contributed by atoms with E-state index in [-0.39, 0.29) is 24.9 Å². The fraction of sp³-hybridized carbons (Fsp3) is 0.333. The Morgan fingerprint density at radius 1 is 1.13 bits per heavy atom. The van der Waals surface area contributed by atoms with Crippen molar-refractivity contribution in [1.29, 1.82) is 0 Å². The Hall–Kier alpha value is -2.77. The molecule has 1 aromatic heterocycles. The minimum absolute atomic E-state index is 0.0724. The molecule has 0 saturated heterocycles. The highest BCUT2D eigenvalue weighted by atomic mass is 19.1. The zero-order valence-electron chi connectivity index (χ0n) is 12.2. The van der Waals surface area contributed by atoms with Crippen molar-refractivity contribution in [2.45, 2.75) is 18.8 Å². The number of amides is 2. The SMILES string of the molecule is O=C(NCCNC(=O)c1nc(C2CC2)no1)c1ccc(F)cc1. The second kappa shape index (κ2) is 6.55. The lowest BCUT2D eigenvalue weighted by atomic mass is 10.2. The number of hydrogen-bond donors (Lipinski definition) is 2. The molecule has 0 bridgehead atoms. The first-order valence-electron chi connectivity index (χ1n) is 7.29. The lowest BCUT2D eigenvalue weighted by molar-refractivity contribution is 0.0898. The van der Waals surface area contributed by atoms with Crippen LogP contribution < -0.4 is 10.6 Å². The van der Waals surface area contributed by atoms with E-state index >= 15 is 0 Å². The maximum atomic E-state index is 12.8. The van der Waals surface area contributed by atoms with E-state index in [1.807, 2.05) is 0 Å². The molecule has 1 fully saturated rings. The number of nitrogens with zero attached hydrogens (tertiary/aromatic N) is 2. The van der Waals surface area contributed by atoms with Crippen LogP contribution in [0.2, 0.25) is 0 Å². The molecule has 2 amide bonds. The van der Waals surface area contributed by atoms with E-state index in [0.29, 0.717) is 17.3 Å². The van der Waals surface area contributed by atoms with Gasteiger partial charge in [0.1, 0.15) is 5.82 Å². The van der Waals surface area contributed by atoms with Crippen LogP contribution in [-0.4, -0.2) is 35.0 Å². The molecular weight excluding hydrogens is 303 g/mol. The van der Waals surface area contributed by atoms with Gasteiger partial charge in [-0.05, 0) is 37.1 Å². The van der Waals surface area contributed by atoms with Gasteiger partial charge in [-0.3, -0.25) is 9.59 Å². The summed E-state index contributed by atoms with van der Waals surface area (Å²) in [6, 6.07) is 5.20. The third kappa shape index (κ3) is 3.91. The second-order valence-electron chi connectivity index (χ2n) is 5.25. The summed E-state index contributed by atoms with van der Waals surface area (Å²) in [6.07, 6.45) is 2.05. The number of carbonyl (C=O) groups excluding carboxylic acids is 2. The molecule has 120 valence electrons. The number of rotatable bonds is 6. The number of benzene rings is 1. The van der Waals surface area contributed by atoms with Gasteiger partial charge in [-0.2, -0.15) is 4.98 Å². The van der Waals surface area contributed by atoms with Crippen molar-refractivity contribution < 1.29 is 18.5 Å². The van der Waals surface area contributed by atoms with E-state index in [1.165, 1.54) is 24.3 Å². The third-order valence-corrected chi connectivity index (χ3v) is 3.38. The zero-order valence-corrected chi connectivity index (χ0v) is 12.2. The van der Waals surface area contributed by atoms with Crippen LogP contribution in [0.25, 0.3) is 0 Å². The molecule has 0 unspecified atom stereocenters. The molecule has 1 aliphatic rings. The molecule has 7 nitrogen and oxygen atoms in total. The van der Waals surface area contributed by atoms with Crippen LogP contribution in [0.5, 0.6) is 0 Å². The van der Waals surface area contributed by atoms with Crippen LogP contribution in [0.4, 0.5) is 4.39 Å². The van der Waals surface area contributed by atoms with E-state index in [0.717, 1.165) is 12.8 Å². The molecule has 1 heterocycles. The van der Waals surface area contributed by atoms with Crippen LogP contribution >= 0.6 is 0 Å². The van der Waals surface area contributed by atoms with Gasteiger partial charge in [0.15, 0.2) is 5.82 Å². The average Bonchev–Trinajstić information content (AvgIpc) is 3.29. The fourth-order valence-corrected chi connectivity index (χ4v) is 1.97. The van der Waals surface area contributed by atoms with Gasteiger partial charge in [-0.1, -0.05) is 5.16 Å². The maximum Gasteiger partial charge on any atom is 0.315 e. The number of halogens is 1. The third-order valence-electron chi connectivity index (χ3n) is 3.38. The topological polar surface area (TPSA) is 97.1 Å². The maximum absolute atomic E-state index is 12.8. The van der Waals surface area contributed by atoms with Gasteiger partial charge in [-0.25, -0.2) is 4.39 Å². The highest BCUT2D eigenvalue weighted by Crippen LogP contribution is 2.37. The molecule has 0 aliphatic heterocycles. The summed E-state index contributed by atoms with van der Waals surface area (Å²) in [4.78, 5) is 27.6. The number of nitrogens with one attached hydrogen (secondary N) is 2. The van der Waals surface area contributed by atoms with Crippen molar-refractivity contribution in [2.75, 3.05) is 13.1 Å². The summed E-state index contributed by atoms with van der Waals surface area (Å²) in [5.41, 5.74) is 0.351. The predicted molar refractivity (Wildman–Crippen MR) is 77.3 cm³/mol. The zero-order chi connectivity index (χ0) is 16.2. The molecule has 2 aromatic rings. The Kier molecular flexibility index (Phi) is 4.31. The summed E-state index contributed by atoms with van der Waals surface area (Å²) in [6.45, 7) is 0.443. The van der Waals surface area contributed by atoms with Gasteiger partial charge in [0.25, 0.3) is 5.91 Å². The van der Waals surface area contributed by atoms with E-state index in [9.17, 15) is 14.0 Å². The fourth-order valence-electron chi connectivity index (χ4n) is 1.97. The summed E-state index contributed by atoms with van der Waals surface area (Å²) in [5, 5.41) is 8.95. The number of hydrogen-bond acceptors (Lipinski definition) is 5. The van der Waals surface area contributed by atoms with E-state index in [1.54, 1.807) is 0 Å².